The van der Waals surface area contributed by atoms with Crippen LogP contribution >= 0.6 is 0 Å². The number of para-hydroxylation sites is 1. The van der Waals surface area contributed by atoms with Gasteiger partial charge in [-0.3, -0.25) is 5.32 Å². The lowest BCUT2D eigenvalue weighted by Gasteiger charge is -2.31. The third-order valence-electron chi connectivity index (χ3n) is 5.65. The van der Waals surface area contributed by atoms with E-state index in [0.717, 1.165) is 29.9 Å². The van der Waals surface area contributed by atoms with E-state index in [1.165, 1.54) is 25.7 Å². The van der Waals surface area contributed by atoms with Crippen molar-refractivity contribution in [2.75, 3.05) is 5.32 Å². The maximum absolute atomic E-state index is 12.0. The number of carbonyl (C=O) groups is 1. The Morgan fingerprint density at radius 1 is 1.05 bits per heavy atom. The Balaban J connectivity index is 1.37. The van der Waals surface area contributed by atoms with Crippen molar-refractivity contribution in [1.29, 1.82) is 0 Å². The van der Waals surface area contributed by atoms with Crippen LogP contribution in [0.4, 0.5) is 10.5 Å². The fraction of sp³-hybridized carbons (Fsp3) is 0.588. The molecule has 3 heteroatoms. The average molecular weight is 271 g/mol. The summed E-state index contributed by atoms with van der Waals surface area (Å²) < 4.78 is 5.71. The van der Waals surface area contributed by atoms with Gasteiger partial charge >= 0.3 is 6.09 Å². The van der Waals surface area contributed by atoms with E-state index >= 15 is 0 Å². The maximum atomic E-state index is 12.0. The molecule has 2 bridgehead atoms. The van der Waals surface area contributed by atoms with E-state index in [0.29, 0.717) is 5.92 Å². The molecule has 3 aliphatic carbocycles. The van der Waals surface area contributed by atoms with E-state index in [9.17, 15) is 4.79 Å². The zero-order valence-electron chi connectivity index (χ0n) is 11.6. The monoisotopic (exact) mass is 271 g/mol. The standard InChI is InChI=1S/C17H21NO2/c19-17(18-12-5-2-1-3-6-12)20-16-10-11-9-15(16)14-8-4-7-13(11)14/h1-3,5-6,11,13-16H,4,7-10H2,(H,18,19)/t11-,13-,14+,15+,16+/m0/s1. The third-order valence-corrected chi connectivity index (χ3v) is 5.65. The molecule has 1 amide bonds. The molecule has 4 rings (SSSR count). The Hall–Kier alpha value is -1.51. The molecule has 5 atom stereocenters. The molecular formula is C17H21NO2. The number of hydrogen-bond acceptors (Lipinski definition) is 2. The van der Waals surface area contributed by atoms with Crippen LogP contribution in [0.3, 0.4) is 0 Å². The van der Waals surface area contributed by atoms with E-state index in [2.05, 4.69) is 5.32 Å². The van der Waals surface area contributed by atoms with Gasteiger partial charge in [0, 0.05) is 5.69 Å². The highest BCUT2D eigenvalue weighted by Crippen LogP contribution is 2.59. The van der Waals surface area contributed by atoms with Gasteiger partial charge in [0.05, 0.1) is 0 Å². The Kier molecular flexibility index (Phi) is 2.94. The Bertz CT molecular complexity index is 501. The van der Waals surface area contributed by atoms with Gasteiger partial charge in [-0.2, -0.15) is 0 Å². The van der Waals surface area contributed by atoms with Gasteiger partial charge in [-0.25, -0.2) is 4.79 Å². The van der Waals surface area contributed by atoms with Crippen LogP contribution in [0, 0.1) is 23.7 Å². The van der Waals surface area contributed by atoms with Gasteiger partial charge in [0.15, 0.2) is 0 Å². The number of rotatable bonds is 2. The topological polar surface area (TPSA) is 38.3 Å². The van der Waals surface area contributed by atoms with Gasteiger partial charge in [0.25, 0.3) is 0 Å². The average Bonchev–Trinajstić information content (AvgIpc) is 3.11. The molecule has 3 aliphatic rings. The molecule has 0 spiro atoms. The normalized spacial score (nSPS) is 37.7. The van der Waals surface area contributed by atoms with Crippen LogP contribution in [0.15, 0.2) is 30.3 Å². The first-order valence-electron chi connectivity index (χ1n) is 7.84. The minimum atomic E-state index is -0.289. The number of carbonyl (C=O) groups excluding carboxylic acids is 1. The van der Waals surface area contributed by atoms with Crippen molar-refractivity contribution in [2.24, 2.45) is 23.7 Å². The van der Waals surface area contributed by atoms with Crippen LogP contribution < -0.4 is 5.32 Å². The SMILES string of the molecule is O=C(Nc1ccccc1)O[C@@H]1C[C@@H]2C[C@@H]1[C@@H]1CCC[C@@H]21. The van der Waals surface area contributed by atoms with Crippen LogP contribution in [-0.4, -0.2) is 12.2 Å². The molecule has 0 saturated heterocycles. The highest BCUT2D eigenvalue weighted by atomic mass is 16.6. The highest BCUT2D eigenvalue weighted by Gasteiger charge is 2.55. The van der Waals surface area contributed by atoms with E-state index in [1.54, 1.807) is 0 Å². The van der Waals surface area contributed by atoms with Crippen molar-refractivity contribution in [3.05, 3.63) is 30.3 Å². The van der Waals surface area contributed by atoms with E-state index in [1.807, 2.05) is 30.3 Å². The predicted octanol–water partition coefficient (Wildman–Crippen LogP) is 4.06. The lowest BCUT2D eigenvalue weighted by atomic mass is 9.80. The summed E-state index contributed by atoms with van der Waals surface area (Å²) in [6.07, 6.45) is 6.39. The number of ether oxygens (including phenoxy) is 1. The zero-order chi connectivity index (χ0) is 13.5. The molecule has 0 aromatic heterocycles. The quantitative estimate of drug-likeness (QED) is 0.881. The van der Waals surface area contributed by atoms with Crippen LogP contribution in [0.5, 0.6) is 0 Å². The van der Waals surface area contributed by atoms with Crippen molar-refractivity contribution in [3.8, 4) is 0 Å². The number of hydrogen-bond donors (Lipinski definition) is 1. The van der Waals surface area contributed by atoms with Crippen LogP contribution in [-0.2, 0) is 4.74 Å². The second-order valence-corrected chi connectivity index (χ2v) is 6.59. The first-order chi connectivity index (χ1) is 9.81. The molecule has 3 fully saturated rings. The number of nitrogens with one attached hydrogen (secondary N) is 1. The maximum Gasteiger partial charge on any atom is 0.411 e. The molecule has 106 valence electrons. The van der Waals surface area contributed by atoms with Gasteiger partial charge in [-0.15, -0.1) is 0 Å². The molecule has 1 N–H and O–H groups in total. The van der Waals surface area contributed by atoms with Crippen LogP contribution in [0.25, 0.3) is 0 Å². The number of benzene rings is 1. The summed E-state index contributed by atoms with van der Waals surface area (Å²) in [4.78, 5) is 12.0. The lowest BCUT2D eigenvalue weighted by molar-refractivity contribution is 0.0431. The number of amides is 1. The molecule has 20 heavy (non-hydrogen) atoms. The van der Waals surface area contributed by atoms with E-state index in [-0.39, 0.29) is 12.2 Å². The van der Waals surface area contributed by atoms with Crippen molar-refractivity contribution in [2.45, 2.75) is 38.2 Å². The summed E-state index contributed by atoms with van der Waals surface area (Å²) in [7, 11) is 0. The molecular weight excluding hydrogens is 250 g/mol. The molecule has 3 saturated carbocycles. The van der Waals surface area contributed by atoms with Gasteiger partial charge in [0.1, 0.15) is 6.10 Å². The minimum absolute atomic E-state index is 0.156. The van der Waals surface area contributed by atoms with Gasteiger partial charge in [0.2, 0.25) is 0 Å². The number of anilines is 1. The largest absolute Gasteiger partial charge is 0.446 e. The van der Waals surface area contributed by atoms with Crippen LogP contribution in [0.2, 0.25) is 0 Å². The van der Waals surface area contributed by atoms with Crippen molar-refractivity contribution in [1.82, 2.24) is 0 Å². The summed E-state index contributed by atoms with van der Waals surface area (Å²) in [5.74, 6) is 3.23. The van der Waals surface area contributed by atoms with Crippen molar-refractivity contribution >= 4 is 11.8 Å². The molecule has 0 unspecified atom stereocenters. The van der Waals surface area contributed by atoms with E-state index in [4.69, 9.17) is 4.74 Å². The molecule has 1 aromatic rings. The predicted molar refractivity (Wildman–Crippen MR) is 77.4 cm³/mol. The Labute approximate surface area is 119 Å². The summed E-state index contributed by atoms with van der Waals surface area (Å²) >= 11 is 0. The highest BCUT2D eigenvalue weighted by molar-refractivity contribution is 5.84. The van der Waals surface area contributed by atoms with Crippen molar-refractivity contribution < 1.29 is 9.53 Å². The lowest BCUT2D eigenvalue weighted by Crippen LogP contribution is -2.33. The first kappa shape index (κ1) is 12.2. The fourth-order valence-electron chi connectivity index (χ4n) is 4.95. The Morgan fingerprint density at radius 3 is 2.70 bits per heavy atom. The second kappa shape index (κ2) is 4.80. The van der Waals surface area contributed by atoms with Gasteiger partial charge in [-0.1, -0.05) is 24.6 Å². The molecule has 0 heterocycles. The minimum Gasteiger partial charge on any atom is -0.446 e. The third kappa shape index (κ3) is 2.00. The Morgan fingerprint density at radius 2 is 1.85 bits per heavy atom. The van der Waals surface area contributed by atoms with Gasteiger partial charge in [-0.05, 0) is 61.5 Å². The first-order valence-corrected chi connectivity index (χ1v) is 7.84. The molecule has 0 radical (unpaired) electrons. The van der Waals surface area contributed by atoms with Crippen LogP contribution in [0.1, 0.15) is 32.1 Å². The molecule has 0 aliphatic heterocycles. The zero-order valence-corrected chi connectivity index (χ0v) is 11.6. The second-order valence-electron chi connectivity index (χ2n) is 6.59. The van der Waals surface area contributed by atoms with Gasteiger partial charge < -0.3 is 4.74 Å². The summed E-state index contributed by atoms with van der Waals surface area (Å²) in [6, 6.07) is 9.53. The molecule has 1 aromatic carbocycles. The molecule has 3 nitrogen and oxygen atoms in total. The number of fused-ring (bicyclic) bond motifs is 5. The summed E-state index contributed by atoms with van der Waals surface area (Å²) in [5, 5.41) is 2.83. The van der Waals surface area contributed by atoms with Crippen molar-refractivity contribution in [3.63, 3.8) is 0 Å². The smallest absolute Gasteiger partial charge is 0.411 e. The fourth-order valence-corrected chi connectivity index (χ4v) is 4.95. The van der Waals surface area contributed by atoms with E-state index < -0.39 is 0 Å². The summed E-state index contributed by atoms with van der Waals surface area (Å²) in [5.41, 5.74) is 0.805. The summed E-state index contributed by atoms with van der Waals surface area (Å²) in [6.45, 7) is 0.